The summed E-state index contributed by atoms with van der Waals surface area (Å²) in [6.07, 6.45) is 1.95. The van der Waals surface area contributed by atoms with Gasteiger partial charge in [-0.3, -0.25) is 10.1 Å². The molecule has 102 valence electrons. The second-order valence-electron chi connectivity index (χ2n) is 4.54. The highest BCUT2D eigenvalue weighted by molar-refractivity contribution is 6.33. The summed E-state index contributed by atoms with van der Waals surface area (Å²) in [4.78, 5) is 16.1. The molecule has 1 aromatic rings. The van der Waals surface area contributed by atoms with Crippen LogP contribution in [0.3, 0.4) is 0 Å². The summed E-state index contributed by atoms with van der Waals surface area (Å²) in [7, 11) is 0. The third-order valence-corrected chi connectivity index (χ3v) is 3.60. The van der Waals surface area contributed by atoms with Crippen molar-refractivity contribution >= 4 is 23.1 Å². The van der Waals surface area contributed by atoms with Gasteiger partial charge in [-0.2, -0.15) is 0 Å². The highest BCUT2D eigenvalue weighted by Gasteiger charge is 2.44. The number of ether oxygens (including phenoxy) is 2. The Bertz CT molecular complexity index is 519. The van der Waals surface area contributed by atoms with Crippen LogP contribution >= 0.6 is 11.6 Å². The maximum Gasteiger partial charge on any atom is 0.289 e. The van der Waals surface area contributed by atoms with E-state index < -0.39 is 10.7 Å². The molecule has 3 heterocycles. The first-order valence-corrected chi connectivity index (χ1v) is 6.30. The van der Waals surface area contributed by atoms with Crippen LogP contribution in [0.1, 0.15) is 6.42 Å². The second-order valence-corrected chi connectivity index (χ2v) is 4.94. The largest absolute Gasteiger partial charge is 0.350 e. The summed E-state index contributed by atoms with van der Waals surface area (Å²) in [5.74, 6) is -0.0319. The number of anilines is 1. The van der Waals surface area contributed by atoms with E-state index >= 15 is 0 Å². The average molecular weight is 286 g/mol. The smallest absolute Gasteiger partial charge is 0.289 e. The van der Waals surface area contributed by atoms with Crippen molar-refractivity contribution in [2.45, 2.75) is 12.2 Å². The van der Waals surface area contributed by atoms with Crippen molar-refractivity contribution in [2.75, 3.05) is 31.2 Å². The zero-order chi connectivity index (χ0) is 13.5. The lowest BCUT2D eigenvalue weighted by atomic mass is 10.2. The summed E-state index contributed by atoms with van der Waals surface area (Å²) < 4.78 is 11.2. The van der Waals surface area contributed by atoms with Crippen LogP contribution in [-0.4, -0.2) is 42.0 Å². The van der Waals surface area contributed by atoms with Gasteiger partial charge in [0.15, 0.2) is 5.79 Å². The molecule has 8 heteroatoms. The molecule has 2 fully saturated rings. The van der Waals surface area contributed by atoms with Crippen LogP contribution in [0.5, 0.6) is 0 Å². The molecule has 0 amide bonds. The molecule has 3 rings (SSSR count). The van der Waals surface area contributed by atoms with Crippen LogP contribution in [0.25, 0.3) is 0 Å². The van der Waals surface area contributed by atoms with Crippen molar-refractivity contribution in [3.05, 3.63) is 27.4 Å². The van der Waals surface area contributed by atoms with Crippen LogP contribution < -0.4 is 4.90 Å². The van der Waals surface area contributed by atoms with E-state index in [9.17, 15) is 10.1 Å². The molecule has 0 aromatic carbocycles. The van der Waals surface area contributed by atoms with Gasteiger partial charge < -0.3 is 14.4 Å². The lowest BCUT2D eigenvalue weighted by Crippen LogP contribution is -2.34. The minimum Gasteiger partial charge on any atom is -0.350 e. The van der Waals surface area contributed by atoms with Gasteiger partial charge in [0.05, 0.1) is 29.7 Å². The number of nitro groups is 1. The fraction of sp³-hybridized carbons (Fsp3) is 0.545. The quantitative estimate of drug-likeness (QED) is 0.607. The van der Waals surface area contributed by atoms with Crippen molar-refractivity contribution in [2.24, 2.45) is 0 Å². The lowest BCUT2D eigenvalue weighted by Gasteiger charge is -2.23. The van der Waals surface area contributed by atoms with Crippen LogP contribution in [0, 0.1) is 10.1 Å². The average Bonchev–Trinajstić information content (AvgIpc) is 3.00. The standard InChI is InChI=1S/C11H12ClN3O4/c12-9-5-8(15(16)17)6-13-10(9)14-2-1-11(7-14)18-3-4-19-11/h5-6H,1-4,7H2. The fourth-order valence-electron chi connectivity index (χ4n) is 2.42. The Morgan fingerprint density at radius 2 is 2.21 bits per heavy atom. The highest BCUT2D eigenvalue weighted by Crippen LogP contribution is 2.36. The van der Waals surface area contributed by atoms with Gasteiger partial charge in [0.25, 0.3) is 5.69 Å². The van der Waals surface area contributed by atoms with Gasteiger partial charge in [-0.25, -0.2) is 4.98 Å². The molecule has 2 saturated heterocycles. The molecular weight excluding hydrogens is 274 g/mol. The van der Waals surface area contributed by atoms with Crippen molar-refractivity contribution in [1.29, 1.82) is 0 Å². The zero-order valence-corrected chi connectivity index (χ0v) is 10.8. The molecule has 0 aliphatic carbocycles. The van der Waals surface area contributed by atoms with Gasteiger partial charge >= 0.3 is 0 Å². The van der Waals surface area contributed by atoms with E-state index in [4.69, 9.17) is 21.1 Å². The number of aromatic nitrogens is 1. The predicted octanol–water partition coefficient (Wildman–Crippen LogP) is 1.60. The summed E-state index contributed by atoms with van der Waals surface area (Å²) >= 11 is 6.06. The van der Waals surface area contributed by atoms with Gasteiger partial charge in [0, 0.05) is 19.0 Å². The molecule has 0 unspecified atom stereocenters. The number of pyridine rings is 1. The van der Waals surface area contributed by atoms with Gasteiger partial charge in [0.1, 0.15) is 12.0 Å². The van der Waals surface area contributed by atoms with E-state index in [0.717, 1.165) is 6.42 Å². The fourth-order valence-corrected chi connectivity index (χ4v) is 2.70. The van der Waals surface area contributed by atoms with Crippen molar-refractivity contribution < 1.29 is 14.4 Å². The van der Waals surface area contributed by atoms with E-state index in [1.807, 2.05) is 4.90 Å². The van der Waals surface area contributed by atoms with Crippen LogP contribution in [-0.2, 0) is 9.47 Å². The molecule has 0 N–H and O–H groups in total. The number of hydrogen-bond acceptors (Lipinski definition) is 6. The molecule has 0 radical (unpaired) electrons. The molecule has 1 spiro atoms. The van der Waals surface area contributed by atoms with E-state index in [-0.39, 0.29) is 10.7 Å². The number of nitrogens with zero attached hydrogens (tertiary/aromatic N) is 3. The number of halogens is 1. The minimum absolute atomic E-state index is 0.115. The molecule has 2 aliphatic rings. The Morgan fingerprint density at radius 1 is 1.47 bits per heavy atom. The van der Waals surface area contributed by atoms with E-state index in [2.05, 4.69) is 4.98 Å². The third-order valence-electron chi connectivity index (χ3n) is 3.33. The second kappa shape index (κ2) is 4.59. The van der Waals surface area contributed by atoms with E-state index in [0.29, 0.717) is 32.1 Å². The SMILES string of the molecule is O=[N+]([O-])c1cnc(N2CCC3(C2)OCCO3)c(Cl)c1. The topological polar surface area (TPSA) is 77.7 Å². The maximum absolute atomic E-state index is 10.6. The Hall–Kier alpha value is -1.44. The third kappa shape index (κ3) is 2.24. The summed E-state index contributed by atoms with van der Waals surface area (Å²) in [5.41, 5.74) is -0.115. The molecule has 0 saturated carbocycles. The molecular formula is C11H12ClN3O4. The Kier molecular flexibility index (Phi) is 3.04. The summed E-state index contributed by atoms with van der Waals surface area (Å²) in [6, 6.07) is 1.31. The van der Waals surface area contributed by atoms with Gasteiger partial charge in [-0.1, -0.05) is 11.6 Å². The Labute approximate surface area is 114 Å². The molecule has 0 bridgehead atoms. The predicted molar refractivity (Wildman–Crippen MR) is 67.4 cm³/mol. The first-order valence-electron chi connectivity index (χ1n) is 5.92. The molecule has 1 aromatic heterocycles. The lowest BCUT2D eigenvalue weighted by molar-refractivity contribution is -0.385. The number of hydrogen-bond donors (Lipinski definition) is 0. The Balaban J connectivity index is 1.82. The first-order chi connectivity index (χ1) is 9.10. The van der Waals surface area contributed by atoms with Gasteiger partial charge in [-0.05, 0) is 0 Å². The first kappa shape index (κ1) is 12.6. The molecule has 2 aliphatic heterocycles. The van der Waals surface area contributed by atoms with Gasteiger partial charge in [0.2, 0.25) is 0 Å². The summed E-state index contributed by atoms with van der Waals surface area (Å²) in [6.45, 7) is 2.42. The van der Waals surface area contributed by atoms with Crippen molar-refractivity contribution in [1.82, 2.24) is 4.98 Å². The van der Waals surface area contributed by atoms with Crippen LogP contribution in [0.15, 0.2) is 12.3 Å². The highest BCUT2D eigenvalue weighted by atomic mass is 35.5. The van der Waals surface area contributed by atoms with E-state index in [1.54, 1.807) is 0 Å². The summed E-state index contributed by atoms with van der Waals surface area (Å²) in [5, 5.41) is 10.9. The maximum atomic E-state index is 10.6. The minimum atomic E-state index is -0.563. The van der Waals surface area contributed by atoms with Crippen molar-refractivity contribution in [3.63, 3.8) is 0 Å². The monoisotopic (exact) mass is 285 g/mol. The molecule has 7 nitrogen and oxygen atoms in total. The van der Waals surface area contributed by atoms with Crippen molar-refractivity contribution in [3.8, 4) is 0 Å². The molecule has 19 heavy (non-hydrogen) atoms. The Morgan fingerprint density at radius 3 is 2.84 bits per heavy atom. The van der Waals surface area contributed by atoms with E-state index in [1.165, 1.54) is 12.3 Å². The zero-order valence-electron chi connectivity index (χ0n) is 10.0. The van der Waals surface area contributed by atoms with Gasteiger partial charge in [-0.15, -0.1) is 0 Å². The normalized spacial score (nSPS) is 21.2. The van der Waals surface area contributed by atoms with Crippen LogP contribution in [0.4, 0.5) is 11.5 Å². The number of rotatable bonds is 2. The molecule has 0 atom stereocenters. The van der Waals surface area contributed by atoms with Crippen LogP contribution in [0.2, 0.25) is 5.02 Å².